The Labute approximate surface area is 144 Å². The van der Waals surface area contributed by atoms with Crippen LogP contribution in [0.25, 0.3) is 5.69 Å². The smallest absolute Gasteiger partial charge is 0.234 e. The van der Waals surface area contributed by atoms with Crippen molar-refractivity contribution in [3.63, 3.8) is 0 Å². The van der Waals surface area contributed by atoms with Gasteiger partial charge in [0, 0.05) is 30.4 Å². The van der Waals surface area contributed by atoms with Gasteiger partial charge in [-0.2, -0.15) is 0 Å². The van der Waals surface area contributed by atoms with Gasteiger partial charge < -0.3 is 14.6 Å². The Morgan fingerprint density at radius 3 is 3.08 bits per heavy atom. The molecule has 0 bridgehead atoms. The van der Waals surface area contributed by atoms with E-state index in [0.717, 1.165) is 25.2 Å². The zero-order chi connectivity index (χ0) is 16.8. The summed E-state index contributed by atoms with van der Waals surface area (Å²) in [4.78, 5) is 15.9. The number of halogens is 1. The number of imidazole rings is 1. The molecule has 1 aromatic carbocycles. The van der Waals surface area contributed by atoms with Crippen LogP contribution in [0.15, 0.2) is 36.9 Å². The fraction of sp³-hybridized carbons (Fsp3) is 0.412. The number of nitrogens with one attached hydrogen (secondary N) is 1. The average molecular weight is 349 g/mol. The van der Waals surface area contributed by atoms with Crippen molar-refractivity contribution < 1.29 is 13.9 Å². The molecule has 2 heterocycles. The summed E-state index contributed by atoms with van der Waals surface area (Å²) in [6.07, 6.45) is 8.42. The highest BCUT2D eigenvalue weighted by Crippen LogP contribution is 2.19. The summed E-state index contributed by atoms with van der Waals surface area (Å²) in [5, 5.41) is 2.73. The molecule has 0 unspecified atom stereocenters. The van der Waals surface area contributed by atoms with E-state index in [-0.39, 0.29) is 12.0 Å². The molecule has 1 fully saturated rings. The Bertz CT molecular complexity index is 672. The van der Waals surface area contributed by atoms with E-state index >= 15 is 0 Å². The first kappa shape index (κ1) is 17.0. The fourth-order valence-electron chi connectivity index (χ4n) is 2.61. The second-order valence-corrected chi connectivity index (χ2v) is 6.72. The normalized spacial score (nSPS) is 17.6. The predicted octanol–water partition coefficient (Wildman–Crippen LogP) is 3.25. The first-order valence-corrected chi connectivity index (χ1v) is 9.15. The van der Waals surface area contributed by atoms with E-state index in [2.05, 4.69) is 10.3 Å². The van der Waals surface area contributed by atoms with Crippen molar-refractivity contribution in [1.29, 1.82) is 0 Å². The summed E-state index contributed by atoms with van der Waals surface area (Å²) in [6, 6.07) is 4.63. The highest BCUT2D eigenvalue weighted by Gasteiger charge is 2.14. The third-order valence-corrected chi connectivity index (χ3v) is 4.90. The Hall–Kier alpha value is -1.86. The van der Waals surface area contributed by atoms with Crippen molar-refractivity contribution >= 4 is 23.4 Å². The number of carbonyl (C=O) groups excluding carboxylic acids is 1. The topological polar surface area (TPSA) is 56.1 Å². The van der Waals surface area contributed by atoms with Gasteiger partial charge in [-0.05, 0) is 37.5 Å². The first-order valence-electron chi connectivity index (χ1n) is 7.99. The number of aromatic nitrogens is 2. The molecule has 0 spiro atoms. The van der Waals surface area contributed by atoms with Crippen LogP contribution in [0.1, 0.15) is 19.3 Å². The lowest BCUT2D eigenvalue weighted by Crippen LogP contribution is -2.23. The van der Waals surface area contributed by atoms with Crippen LogP contribution in [-0.2, 0) is 9.53 Å². The second-order valence-electron chi connectivity index (χ2n) is 5.69. The highest BCUT2D eigenvalue weighted by molar-refractivity contribution is 8.00. The van der Waals surface area contributed by atoms with Crippen LogP contribution in [0.2, 0.25) is 0 Å². The molecule has 1 amide bonds. The molecule has 3 rings (SSSR count). The number of hydrogen-bond acceptors (Lipinski definition) is 4. The molecule has 5 nitrogen and oxygen atoms in total. The van der Waals surface area contributed by atoms with Crippen molar-refractivity contribution in [3.05, 3.63) is 42.7 Å². The number of nitrogens with zero attached hydrogens (tertiary/aromatic N) is 2. The molecule has 1 aliphatic heterocycles. The maximum absolute atomic E-state index is 14.1. The number of thioether (sulfide) groups is 1. The van der Waals surface area contributed by atoms with Gasteiger partial charge in [0.05, 0.1) is 23.9 Å². The van der Waals surface area contributed by atoms with Gasteiger partial charge in [0.1, 0.15) is 5.82 Å². The maximum atomic E-state index is 14.1. The summed E-state index contributed by atoms with van der Waals surface area (Å²) in [6.45, 7) is 0.819. The molecule has 2 aromatic rings. The number of rotatable bonds is 6. The minimum absolute atomic E-state index is 0.134. The Morgan fingerprint density at radius 1 is 1.46 bits per heavy atom. The molecule has 0 aliphatic carbocycles. The number of hydrogen-bond donors (Lipinski definition) is 1. The molecular weight excluding hydrogens is 329 g/mol. The van der Waals surface area contributed by atoms with Crippen molar-refractivity contribution in [1.82, 2.24) is 9.55 Å². The third-order valence-electron chi connectivity index (χ3n) is 3.82. The van der Waals surface area contributed by atoms with E-state index in [0.29, 0.717) is 17.1 Å². The van der Waals surface area contributed by atoms with E-state index in [4.69, 9.17) is 4.74 Å². The zero-order valence-corrected chi connectivity index (χ0v) is 14.1. The van der Waals surface area contributed by atoms with Gasteiger partial charge in [-0.15, -0.1) is 11.8 Å². The van der Waals surface area contributed by atoms with Crippen LogP contribution >= 0.6 is 11.8 Å². The first-order chi connectivity index (χ1) is 11.7. The van der Waals surface area contributed by atoms with Gasteiger partial charge in [0.25, 0.3) is 0 Å². The molecule has 0 radical (unpaired) electrons. The number of benzene rings is 1. The van der Waals surface area contributed by atoms with Crippen molar-refractivity contribution in [2.45, 2.75) is 25.4 Å². The van der Waals surface area contributed by atoms with Crippen molar-refractivity contribution in [3.8, 4) is 5.69 Å². The number of anilines is 1. The monoisotopic (exact) mass is 349 g/mol. The quantitative estimate of drug-likeness (QED) is 0.870. The van der Waals surface area contributed by atoms with Gasteiger partial charge in [0.2, 0.25) is 5.91 Å². The van der Waals surface area contributed by atoms with Gasteiger partial charge >= 0.3 is 0 Å². The zero-order valence-electron chi connectivity index (χ0n) is 13.3. The molecule has 128 valence electrons. The average Bonchev–Trinajstić information content (AvgIpc) is 3.10. The van der Waals surface area contributed by atoms with Crippen LogP contribution in [0.5, 0.6) is 0 Å². The van der Waals surface area contributed by atoms with Crippen LogP contribution in [0.3, 0.4) is 0 Å². The summed E-state index contributed by atoms with van der Waals surface area (Å²) in [7, 11) is 0. The summed E-state index contributed by atoms with van der Waals surface area (Å²) in [5.41, 5.74) is 0.852. The van der Waals surface area contributed by atoms with Gasteiger partial charge in [-0.1, -0.05) is 0 Å². The van der Waals surface area contributed by atoms with Crippen LogP contribution in [0.4, 0.5) is 10.1 Å². The van der Waals surface area contributed by atoms with Gasteiger partial charge in [-0.3, -0.25) is 4.79 Å². The van der Waals surface area contributed by atoms with Crippen LogP contribution in [-0.4, -0.2) is 39.7 Å². The van der Waals surface area contributed by atoms with E-state index in [1.54, 1.807) is 40.9 Å². The van der Waals surface area contributed by atoms with E-state index < -0.39 is 5.82 Å². The predicted molar refractivity (Wildman–Crippen MR) is 93.1 cm³/mol. The van der Waals surface area contributed by atoms with Crippen molar-refractivity contribution in [2.75, 3.05) is 23.4 Å². The molecule has 24 heavy (non-hydrogen) atoms. The lowest BCUT2D eigenvalue weighted by molar-refractivity contribution is -0.113. The highest BCUT2D eigenvalue weighted by atomic mass is 32.2. The lowest BCUT2D eigenvalue weighted by atomic mass is 10.1. The molecular formula is C17H20FN3O2S. The second kappa shape index (κ2) is 8.30. The van der Waals surface area contributed by atoms with Gasteiger partial charge in [-0.25, -0.2) is 9.37 Å². The van der Waals surface area contributed by atoms with E-state index in [1.165, 1.54) is 18.8 Å². The molecule has 1 aliphatic rings. The number of carbonyl (C=O) groups is 1. The number of ether oxygens (including phenoxy) is 1. The SMILES string of the molecule is O=C(CSC[C@H]1CCCCO1)Nc1ccc(-n2ccnc2)c(F)c1. The Morgan fingerprint density at radius 2 is 2.38 bits per heavy atom. The largest absolute Gasteiger partial charge is 0.377 e. The lowest BCUT2D eigenvalue weighted by Gasteiger charge is -2.21. The van der Waals surface area contributed by atoms with Crippen LogP contribution < -0.4 is 5.32 Å². The minimum atomic E-state index is -0.408. The standard InChI is InChI=1S/C17H20FN3O2S/c18-15-9-13(4-5-16(15)21-7-6-19-12-21)20-17(22)11-24-10-14-3-1-2-8-23-14/h4-7,9,12,14H,1-3,8,10-11H2,(H,20,22)/t14-/m1/s1. The van der Waals surface area contributed by atoms with Gasteiger partial charge in [0.15, 0.2) is 0 Å². The van der Waals surface area contributed by atoms with E-state index in [9.17, 15) is 9.18 Å². The van der Waals surface area contributed by atoms with E-state index in [1.807, 2.05) is 0 Å². The molecule has 1 aromatic heterocycles. The summed E-state index contributed by atoms with van der Waals surface area (Å²) >= 11 is 1.55. The molecule has 1 atom stereocenters. The Balaban J connectivity index is 1.48. The molecule has 1 N–H and O–H groups in total. The summed E-state index contributed by atoms with van der Waals surface area (Å²) < 4.78 is 21.4. The molecule has 0 saturated carbocycles. The third kappa shape index (κ3) is 4.58. The number of amides is 1. The van der Waals surface area contributed by atoms with Crippen molar-refractivity contribution in [2.24, 2.45) is 0 Å². The minimum Gasteiger partial charge on any atom is -0.377 e. The summed E-state index contributed by atoms with van der Waals surface area (Å²) in [5.74, 6) is 0.617. The molecule has 1 saturated heterocycles. The fourth-order valence-corrected chi connectivity index (χ4v) is 3.52. The maximum Gasteiger partial charge on any atom is 0.234 e. The molecule has 7 heteroatoms. The van der Waals surface area contributed by atoms with Crippen LogP contribution in [0, 0.1) is 5.82 Å². The Kier molecular flexibility index (Phi) is 5.87.